The molecule has 0 radical (unpaired) electrons. The van der Waals surface area contributed by atoms with Crippen LogP contribution < -0.4 is 11.5 Å². The van der Waals surface area contributed by atoms with Crippen LogP contribution in [-0.2, 0) is 30.6 Å². The zero-order chi connectivity index (χ0) is 27.7. The minimum absolute atomic E-state index is 0.0520. The van der Waals surface area contributed by atoms with Crippen LogP contribution in [0.2, 0.25) is 0 Å². The maximum atomic E-state index is 14.1. The van der Waals surface area contributed by atoms with Gasteiger partial charge in [-0.1, -0.05) is 54.6 Å². The maximum absolute atomic E-state index is 14.1. The number of carbonyl (C=O) groups excluding carboxylic acids is 2. The lowest BCUT2D eigenvalue weighted by Gasteiger charge is -2.36. The lowest BCUT2D eigenvalue weighted by molar-refractivity contribution is -0.156. The first-order valence-corrected chi connectivity index (χ1v) is 13.1. The minimum Gasteiger partial charge on any atom is -0.450 e. The van der Waals surface area contributed by atoms with Gasteiger partial charge in [-0.05, 0) is 41.3 Å². The summed E-state index contributed by atoms with van der Waals surface area (Å²) in [5.41, 5.74) is 12.7. The third-order valence-corrected chi connectivity index (χ3v) is 8.63. The highest BCUT2D eigenvalue weighted by Crippen LogP contribution is 2.31. The van der Waals surface area contributed by atoms with Gasteiger partial charge in [0.25, 0.3) is 11.8 Å². The van der Waals surface area contributed by atoms with Crippen LogP contribution in [0.3, 0.4) is 0 Å². The number of ether oxygens (including phenoxy) is 1. The van der Waals surface area contributed by atoms with Crippen LogP contribution in [-0.4, -0.2) is 59.7 Å². The van der Waals surface area contributed by atoms with Gasteiger partial charge in [-0.15, -0.1) is 0 Å². The average Bonchev–Trinajstić information content (AvgIpc) is 2.89. The Morgan fingerprint density at radius 3 is 2.37 bits per heavy atom. The molecule has 12 heteroatoms. The molecule has 1 aliphatic rings. The van der Waals surface area contributed by atoms with Crippen molar-refractivity contribution in [3.8, 4) is 0 Å². The standard InChI is InChI=1S/C26H26N4O7S/c27-22(28)18-9-7-16(8-10-18)15-26(29,24(32)30-13-3-6-21(23(30)31)37-25(33)34)38(35,36)20-12-11-17-4-1-2-5-19(17)14-20/h1-2,4-5,7-12,14,21H,3,6,13,15,29H2,(H3,27,28)(H,33,34)/t21?,26-/m1/s1. The quantitative estimate of drug-likeness (QED) is 0.198. The number of likely N-dealkylation sites (tertiary alicyclic amines) is 1. The summed E-state index contributed by atoms with van der Waals surface area (Å²) in [4.78, 5) is 35.7. The van der Waals surface area contributed by atoms with Gasteiger partial charge in [0.2, 0.25) is 14.7 Å². The molecule has 0 saturated carbocycles. The molecule has 6 N–H and O–H groups in total. The van der Waals surface area contributed by atoms with Gasteiger partial charge in [-0.2, -0.15) is 0 Å². The number of carbonyl (C=O) groups is 3. The van der Waals surface area contributed by atoms with Crippen molar-refractivity contribution in [1.82, 2.24) is 4.90 Å². The van der Waals surface area contributed by atoms with Crippen LogP contribution in [0.25, 0.3) is 10.8 Å². The summed E-state index contributed by atoms with van der Waals surface area (Å²) in [7, 11) is -4.62. The van der Waals surface area contributed by atoms with Gasteiger partial charge in [-0.3, -0.25) is 19.9 Å². The number of amides is 2. The number of piperidine rings is 1. The molecule has 1 unspecified atom stereocenters. The van der Waals surface area contributed by atoms with Gasteiger partial charge < -0.3 is 21.3 Å². The van der Waals surface area contributed by atoms with Crippen molar-refractivity contribution in [2.75, 3.05) is 6.54 Å². The molecular formula is C26H26N4O7S. The number of nitrogens with zero attached hydrogens (tertiary/aromatic N) is 1. The van der Waals surface area contributed by atoms with E-state index in [9.17, 15) is 22.8 Å². The second-order valence-electron chi connectivity index (χ2n) is 9.00. The van der Waals surface area contributed by atoms with E-state index in [2.05, 4.69) is 4.74 Å². The van der Waals surface area contributed by atoms with Crippen molar-refractivity contribution < 1.29 is 32.6 Å². The highest BCUT2D eigenvalue weighted by atomic mass is 32.2. The minimum atomic E-state index is -4.62. The fraction of sp³-hybridized carbons (Fsp3) is 0.231. The molecule has 11 nitrogen and oxygen atoms in total. The normalized spacial score (nSPS) is 17.6. The monoisotopic (exact) mass is 538 g/mol. The molecule has 0 spiro atoms. The van der Waals surface area contributed by atoms with Gasteiger partial charge in [0.1, 0.15) is 5.84 Å². The Labute approximate surface area is 218 Å². The number of benzene rings is 3. The number of rotatable bonds is 7. The van der Waals surface area contributed by atoms with E-state index < -0.39 is 45.2 Å². The smallest absolute Gasteiger partial charge is 0.450 e. The molecule has 1 aliphatic heterocycles. The van der Waals surface area contributed by atoms with E-state index in [1.54, 1.807) is 30.3 Å². The van der Waals surface area contributed by atoms with Gasteiger partial charge in [-0.25, -0.2) is 13.2 Å². The number of hydrogen-bond acceptors (Lipinski definition) is 8. The summed E-state index contributed by atoms with van der Waals surface area (Å²) in [6.07, 6.45) is -3.39. The van der Waals surface area contributed by atoms with Gasteiger partial charge in [0.15, 0.2) is 6.10 Å². The Balaban J connectivity index is 1.80. The Morgan fingerprint density at radius 2 is 1.74 bits per heavy atom. The number of fused-ring (bicyclic) bond motifs is 1. The van der Waals surface area contributed by atoms with Crippen LogP contribution in [0.5, 0.6) is 0 Å². The van der Waals surface area contributed by atoms with Crippen LogP contribution in [0.15, 0.2) is 71.6 Å². The van der Waals surface area contributed by atoms with Crippen LogP contribution >= 0.6 is 0 Å². The maximum Gasteiger partial charge on any atom is 0.506 e. The van der Waals surface area contributed by atoms with Crippen LogP contribution in [0, 0.1) is 5.41 Å². The third-order valence-electron chi connectivity index (χ3n) is 6.48. The summed E-state index contributed by atoms with van der Waals surface area (Å²) in [5, 5.41) is 17.9. The third kappa shape index (κ3) is 4.95. The zero-order valence-corrected chi connectivity index (χ0v) is 21.0. The average molecular weight is 539 g/mol. The summed E-state index contributed by atoms with van der Waals surface area (Å²) in [5.74, 6) is -2.36. The van der Waals surface area contributed by atoms with Crippen molar-refractivity contribution in [3.05, 3.63) is 77.9 Å². The van der Waals surface area contributed by atoms with E-state index in [0.717, 1.165) is 5.39 Å². The number of nitrogens with two attached hydrogens (primary N) is 2. The Kier molecular flexibility index (Phi) is 7.20. The Hall–Kier alpha value is -4.29. The predicted octanol–water partition coefficient (Wildman–Crippen LogP) is 2.01. The van der Waals surface area contributed by atoms with Crippen molar-refractivity contribution in [2.45, 2.75) is 35.1 Å². The molecule has 2 amide bonds. The number of nitrogen functional groups attached to an aromatic ring is 1. The number of carboxylic acid groups (broad SMARTS) is 1. The fourth-order valence-electron chi connectivity index (χ4n) is 4.44. The van der Waals surface area contributed by atoms with E-state index in [-0.39, 0.29) is 30.1 Å². The van der Waals surface area contributed by atoms with E-state index >= 15 is 0 Å². The second kappa shape index (κ2) is 10.2. The molecule has 0 bridgehead atoms. The summed E-state index contributed by atoms with van der Waals surface area (Å²) in [6, 6.07) is 17.4. The first-order chi connectivity index (χ1) is 17.9. The summed E-state index contributed by atoms with van der Waals surface area (Å²) >= 11 is 0. The van der Waals surface area contributed by atoms with E-state index in [1.165, 1.54) is 36.4 Å². The molecular weight excluding hydrogens is 512 g/mol. The summed E-state index contributed by atoms with van der Waals surface area (Å²) < 4.78 is 32.7. The topological polar surface area (TPSA) is 194 Å². The predicted molar refractivity (Wildman–Crippen MR) is 138 cm³/mol. The summed E-state index contributed by atoms with van der Waals surface area (Å²) in [6.45, 7) is -0.146. The lowest BCUT2D eigenvalue weighted by Crippen LogP contribution is -2.64. The van der Waals surface area contributed by atoms with Crippen molar-refractivity contribution in [2.24, 2.45) is 11.5 Å². The van der Waals surface area contributed by atoms with Gasteiger partial charge >= 0.3 is 6.16 Å². The Bertz CT molecular complexity index is 1540. The lowest BCUT2D eigenvalue weighted by atomic mass is 10.0. The number of amidine groups is 1. The first-order valence-electron chi connectivity index (χ1n) is 11.6. The Morgan fingerprint density at radius 1 is 1.08 bits per heavy atom. The van der Waals surface area contributed by atoms with Crippen molar-refractivity contribution >= 4 is 44.4 Å². The highest BCUT2D eigenvalue weighted by Gasteiger charge is 2.53. The molecule has 1 heterocycles. The molecule has 1 fully saturated rings. The SMILES string of the molecule is N=C(N)c1ccc(C[C@](N)(C(=O)N2CCCC(OC(=O)O)C2=O)S(=O)(=O)c2ccc3ccccc3c2)cc1. The van der Waals surface area contributed by atoms with Crippen LogP contribution in [0.1, 0.15) is 24.0 Å². The highest BCUT2D eigenvalue weighted by molar-refractivity contribution is 7.93. The molecule has 1 saturated heterocycles. The van der Waals surface area contributed by atoms with Crippen molar-refractivity contribution in [1.29, 1.82) is 5.41 Å². The zero-order valence-electron chi connectivity index (χ0n) is 20.2. The number of imide groups is 1. The molecule has 38 heavy (non-hydrogen) atoms. The number of sulfone groups is 1. The first kappa shape index (κ1) is 26.8. The van der Waals surface area contributed by atoms with Gasteiger partial charge in [0, 0.05) is 18.5 Å². The molecule has 198 valence electrons. The molecule has 0 aliphatic carbocycles. The fourth-order valence-corrected chi connectivity index (χ4v) is 6.09. The second-order valence-corrected chi connectivity index (χ2v) is 11.2. The number of nitrogens with one attached hydrogen (secondary N) is 1. The molecule has 2 atom stereocenters. The molecule has 0 aromatic heterocycles. The molecule has 4 rings (SSSR count). The van der Waals surface area contributed by atoms with Gasteiger partial charge in [0.05, 0.1) is 4.90 Å². The van der Waals surface area contributed by atoms with Crippen LogP contribution in [0.4, 0.5) is 4.79 Å². The van der Waals surface area contributed by atoms with E-state index in [4.69, 9.17) is 22.0 Å². The van der Waals surface area contributed by atoms with E-state index in [1.807, 2.05) is 0 Å². The van der Waals surface area contributed by atoms with Crippen molar-refractivity contribution in [3.63, 3.8) is 0 Å². The molecule has 3 aromatic carbocycles. The van der Waals surface area contributed by atoms with E-state index in [0.29, 0.717) is 21.4 Å². The number of hydrogen-bond donors (Lipinski definition) is 4. The molecule has 3 aromatic rings. The largest absolute Gasteiger partial charge is 0.506 e.